The Bertz CT molecular complexity index is 709. The summed E-state index contributed by atoms with van der Waals surface area (Å²) >= 11 is 0. The van der Waals surface area contributed by atoms with Gasteiger partial charge in [-0.3, -0.25) is 14.9 Å². The van der Waals surface area contributed by atoms with Crippen LogP contribution in [0.1, 0.15) is 18.4 Å². The van der Waals surface area contributed by atoms with Gasteiger partial charge in [0.05, 0.1) is 5.92 Å². The molecule has 0 radical (unpaired) electrons. The third-order valence-electron chi connectivity index (χ3n) is 4.50. The number of rotatable bonds is 5. The van der Waals surface area contributed by atoms with Crippen LogP contribution in [0.4, 0.5) is 13.6 Å². The van der Waals surface area contributed by atoms with Crippen molar-refractivity contribution < 1.29 is 28.3 Å². The molecule has 1 heterocycles. The third kappa shape index (κ3) is 2.64. The number of benzene rings is 1. The zero-order valence-electron chi connectivity index (χ0n) is 11.9. The van der Waals surface area contributed by atoms with Crippen LogP contribution in [0.15, 0.2) is 18.2 Å². The van der Waals surface area contributed by atoms with Crippen molar-refractivity contribution in [3.63, 3.8) is 0 Å². The quantitative estimate of drug-likeness (QED) is 0.709. The molecule has 3 atom stereocenters. The highest BCUT2D eigenvalue weighted by Gasteiger charge is 2.62. The summed E-state index contributed by atoms with van der Waals surface area (Å²) in [6, 6.07) is 2.74. The number of hydrogen-bond acceptors (Lipinski definition) is 3. The van der Waals surface area contributed by atoms with E-state index in [1.54, 1.807) is 0 Å². The second-order valence-corrected chi connectivity index (χ2v) is 5.91. The van der Waals surface area contributed by atoms with Gasteiger partial charge in [-0.15, -0.1) is 0 Å². The highest BCUT2D eigenvalue weighted by molar-refractivity contribution is 6.07. The van der Waals surface area contributed by atoms with Crippen molar-refractivity contribution in [1.82, 2.24) is 10.6 Å². The van der Waals surface area contributed by atoms with E-state index >= 15 is 0 Å². The predicted octanol–water partition coefficient (Wildman–Crippen LogP) is 1.20. The molecule has 8 heteroatoms. The van der Waals surface area contributed by atoms with Crippen LogP contribution in [0, 0.1) is 23.5 Å². The van der Waals surface area contributed by atoms with E-state index in [0.29, 0.717) is 12.0 Å². The molecule has 3 N–H and O–H groups in total. The molecule has 1 aliphatic heterocycles. The van der Waals surface area contributed by atoms with Crippen LogP contribution in [-0.4, -0.2) is 28.6 Å². The summed E-state index contributed by atoms with van der Waals surface area (Å²) in [7, 11) is 0. The number of aryl methyl sites for hydroxylation is 1. The van der Waals surface area contributed by atoms with Crippen molar-refractivity contribution in [3.8, 4) is 0 Å². The fourth-order valence-electron chi connectivity index (χ4n) is 3.18. The Balaban J connectivity index is 1.80. The van der Waals surface area contributed by atoms with Crippen molar-refractivity contribution in [3.05, 3.63) is 35.4 Å². The normalized spacial score (nSPS) is 29.1. The first-order chi connectivity index (χ1) is 10.8. The number of hydrogen-bond donors (Lipinski definition) is 3. The SMILES string of the molecule is O=C1NC(=O)C(CCc2ccc(F)c(F)c2)(C2CC2C(=O)O)N1. The van der Waals surface area contributed by atoms with E-state index in [1.807, 2.05) is 0 Å². The second-order valence-electron chi connectivity index (χ2n) is 5.91. The lowest BCUT2D eigenvalue weighted by molar-refractivity contribution is -0.139. The number of amides is 3. The van der Waals surface area contributed by atoms with Crippen molar-refractivity contribution in [1.29, 1.82) is 0 Å². The maximum atomic E-state index is 13.3. The number of halogens is 2. The minimum Gasteiger partial charge on any atom is -0.481 e. The van der Waals surface area contributed by atoms with Gasteiger partial charge in [-0.25, -0.2) is 13.6 Å². The zero-order valence-corrected chi connectivity index (χ0v) is 11.9. The van der Waals surface area contributed by atoms with Gasteiger partial charge in [0, 0.05) is 5.92 Å². The van der Waals surface area contributed by atoms with Gasteiger partial charge in [0.1, 0.15) is 5.54 Å². The number of carbonyl (C=O) groups excluding carboxylic acids is 2. The highest BCUT2D eigenvalue weighted by atomic mass is 19.2. The fourth-order valence-corrected chi connectivity index (χ4v) is 3.18. The van der Waals surface area contributed by atoms with Gasteiger partial charge in [-0.1, -0.05) is 6.07 Å². The summed E-state index contributed by atoms with van der Waals surface area (Å²) < 4.78 is 26.2. The number of carboxylic acid groups (broad SMARTS) is 1. The molecule has 0 spiro atoms. The number of imide groups is 1. The Morgan fingerprint density at radius 2 is 2.04 bits per heavy atom. The molecule has 3 amide bonds. The standard InChI is InChI=1S/C15H14F2N2O4/c16-10-2-1-7(5-11(10)17)3-4-15(9-6-8(9)12(20)21)13(22)18-14(23)19-15/h1-2,5,8-9H,3-4,6H2,(H,20,21)(H2,18,19,22,23). The molecule has 6 nitrogen and oxygen atoms in total. The van der Waals surface area contributed by atoms with Crippen LogP contribution in [-0.2, 0) is 16.0 Å². The predicted molar refractivity (Wildman–Crippen MR) is 73.3 cm³/mol. The van der Waals surface area contributed by atoms with Crippen LogP contribution in [0.5, 0.6) is 0 Å². The Hall–Kier alpha value is -2.51. The van der Waals surface area contributed by atoms with Crippen molar-refractivity contribution >= 4 is 17.9 Å². The Labute approximate surface area is 129 Å². The largest absolute Gasteiger partial charge is 0.481 e. The molecular weight excluding hydrogens is 310 g/mol. The van der Waals surface area contributed by atoms with E-state index in [2.05, 4.69) is 10.6 Å². The molecule has 1 saturated carbocycles. The Morgan fingerprint density at radius 1 is 1.30 bits per heavy atom. The van der Waals surface area contributed by atoms with Crippen molar-refractivity contribution in [2.45, 2.75) is 24.8 Å². The van der Waals surface area contributed by atoms with E-state index in [4.69, 9.17) is 5.11 Å². The molecule has 3 rings (SSSR count). The summed E-state index contributed by atoms with van der Waals surface area (Å²) in [5.74, 6) is -4.74. The molecule has 1 aliphatic carbocycles. The molecule has 122 valence electrons. The Kier molecular flexibility index (Phi) is 3.54. The smallest absolute Gasteiger partial charge is 0.322 e. The van der Waals surface area contributed by atoms with E-state index in [-0.39, 0.29) is 12.8 Å². The van der Waals surface area contributed by atoms with Gasteiger partial charge >= 0.3 is 12.0 Å². The number of nitrogens with one attached hydrogen (secondary N) is 2. The van der Waals surface area contributed by atoms with E-state index in [9.17, 15) is 23.2 Å². The number of carboxylic acids is 1. The van der Waals surface area contributed by atoms with E-state index in [0.717, 1.165) is 12.1 Å². The fraction of sp³-hybridized carbons (Fsp3) is 0.400. The summed E-state index contributed by atoms with van der Waals surface area (Å²) in [5, 5.41) is 13.7. The van der Waals surface area contributed by atoms with Crippen LogP contribution >= 0.6 is 0 Å². The molecule has 2 fully saturated rings. The van der Waals surface area contributed by atoms with Gasteiger partial charge in [0.25, 0.3) is 5.91 Å². The Morgan fingerprint density at radius 3 is 2.57 bits per heavy atom. The summed E-state index contributed by atoms with van der Waals surface area (Å²) in [6.45, 7) is 0. The molecule has 0 bridgehead atoms. The van der Waals surface area contributed by atoms with Gasteiger partial charge in [0.2, 0.25) is 0 Å². The van der Waals surface area contributed by atoms with Crippen LogP contribution < -0.4 is 10.6 Å². The van der Waals surface area contributed by atoms with E-state index < -0.39 is 46.9 Å². The van der Waals surface area contributed by atoms with Crippen LogP contribution in [0.2, 0.25) is 0 Å². The van der Waals surface area contributed by atoms with Crippen molar-refractivity contribution in [2.24, 2.45) is 11.8 Å². The number of urea groups is 1. The van der Waals surface area contributed by atoms with E-state index in [1.165, 1.54) is 6.07 Å². The first-order valence-corrected chi connectivity index (χ1v) is 7.14. The summed E-state index contributed by atoms with van der Waals surface area (Å²) in [5.41, 5.74) is -0.852. The molecule has 1 aromatic rings. The van der Waals surface area contributed by atoms with Crippen LogP contribution in [0.3, 0.4) is 0 Å². The number of aliphatic carboxylic acids is 1. The number of carbonyl (C=O) groups is 3. The van der Waals surface area contributed by atoms with Crippen LogP contribution in [0.25, 0.3) is 0 Å². The topological polar surface area (TPSA) is 95.5 Å². The van der Waals surface area contributed by atoms with Gasteiger partial charge in [0.15, 0.2) is 11.6 Å². The average molecular weight is 324 g/mol. The zero-order chi connectivity index (χ0) is 16.8. The average Bonchev–Trinajstić information content (AvgIpc) is 3.23. The molecule has 23 heavy (non-hydrogen) atoms. The minimum absolute atomic E-state index is 0.115. The molecule has 1 aromatic carbocycles. The van der Waals surface area contributed by atoms with Gasteiger partial charge in [-0.05, 0) is 37.0 Å². The summed E-state index contributed by atoms with van der Waals surface area (Å²) in [6.07, 6.45) is 0.610. The first-order valence-electron chi connectivity index (χ1n) is 7.14. The first kappa shape index (κ1) is 15.4. The lowest BCUT2D eigenvalue weighted by Crippen LogP contribution is -2.50. The highest BCUT2D eigenvalue weighted by Crippen LogP contribution is 2.49. The van der Waals surface area contributed by atoms with Gasteiger partial charge in [-0.2, -0.15) is 0 Å². The van der Waals surface area contributed by atoms with Crippen molar-refractivity contribution in [2.75, 3.05) is 0 Å². The molecule has 2 aliphatic rings. The maximum absolute atomic E-state index is 13.3. The molecule has 3 unspecified atom stereocenters. The molecule has 1 saturated heterocycles. The molecule has 0 aromatic heterocycles. The third-order valence-corrected chi connectivity index (χ3v) is 4.50. The second kappa shape index (κ2) is 5.29. The minimum atomic E-state index is -1.31. The monoisotopic (exact) mass is 324 g/mol. The lowest BCUT2D eigenvalue weighted by atomic mass is 9.85. The maximum Gasteiger partial charge on any atom is 0.322 e. The summed E-state index contributed by atoms with van der Waals surface area (Å²) in [4.78, 5) is 34.7. The lowest BCUT2D eigenvalue weighted by Gasteiger charge is -2.26. The van der Waals surface area contributed by atoms with Gasteiger partial charge < -0.3 is 10.4 Å². The molecular formula is C15H14F2N2O4.